The lowest BCUT2D eigenvalue weighted by atomic mass is 9.79. The molecule has 0 saturated heterocycles. The van der Waals surface area contributed by atoms with E-state index in [-0.39, 0.29) is 53.9 Å². The number of amides is 1. The van der Waals surface area contributed by atoms with Crippen molar-refractivity contribution in [1.29, 1.82) is 0 Å². The van der Waals surface area contributed by atoms with Crippen molar-refractivity contribution in [3.05, 3.63) is 29.4 Å². The van der Waals surface area contributed by atoms with E-state index >= 15 is 0 Å². The predicted molar refractivity (Wildman–Crippen MR) is 90.9 cm³/mol. The minimum absolute atomic E-state index is 0.00520. The van der Waals surface area contributed by atoms with Gasteiger partial charge in [-0.3, -0.25) is 4.79 Å². The maximum absolute atomic E-state index is 14.8. The Morgan fingerprint density at radius 1 is 1.31 bits per heavy atom. The molecule has 2 N–H and O–H groups in total. The third kappa shape index (κ3) is 3.66. The molecular weight excluding hydrogens is 396 g/mol. The molecular formula is C18H18F4N4O3. The minimum Gasteiger partial charge on any atom is -0.491 e. The van der Waals surface area contributed by atoms with Gasteiger partial charge in [0.25, 0.3) is 0 Å². The van der Waals surface area contributed by atoms with Crippen LogP contribution >= 0.6 is 0 Å². The maximum atomic E-state index is 14.8. The molecule has 1 amide bonds. The molecule has 0 unspecified atom stereocenters. The Hall–Kier alpha value is -2.69. The summed E-state index contributed by atoms with van der Waals surface area (Å²) in [6.07, 6.45) is -3.61. The number of carbonyl (C=O) groups excluding carboxylic acids is 1. The molecule has 11 heteroatoms. The number of hydrogen-bond acceptors (Lipinski definition) is 6. The molecule has 0 spiro atoms. The number of rotatable bonds is 2. The Balaban J connectivity index is 1.63. The highest BCUT2D eigenvalue weighted by atomic mass is 19.4. The second kappa shape index (κ2) is 6.97. The van der Waals surface area contributed by atoms with Gasteiger partial charge >= 0.3 is 12.1 Å². The van der Waals surface area contributed by atoms with Gasteiger partial charge in [-0.2, -0.15) is 18.2 Å². The fraction of sp³-hybridized carbons (Fsp3) is 0.500. The summed E-state index contributed by atoms with van der Waals surface area (Å²) in [5, 5.41) is 3.27. The van der Waals surface area contributed by atoms with Gasteiger partial charge in [-0.15, -0.1) is 0 Å². The number of benzene rings is 1. The van der Waals surface area contributed by atoms with Crippen LogP contribution in [0.1, 0.15) is 31.2 Å². The summed E-state index contributed by atoms with van der Waals surface area (Å²) in [4.78, 5) is 17.6. The van der Waals surface area contributed by atoms with Gasteiger partial charge in [0.15, 0.2) is 0 Å². The van der Waals surface area contributed by atoms with E-state index < -0.39 is 23.7 Å². The van der Waals surface area contributed by atoms with Gasteiger partial charge in [-0.05, 0) is 31.9 Å². The van der Waals surface area contributed by atoms with Crippen molar-refractivity contribution in [3.8, 4) is 17.1 Å². The zero-order valence-corrected chi connectivity index (χ0v) is 15.4. The number of hydrogen-bond donors (Lipinski definition) is 1. The van der Waals surface area contributed by atoms with Gasteiger partial charge in [-0.1, -0.05) is 5.16 Å². The summed E-state index contributed by atoms with van der Waals surface area (Å²) in [6, 6.07) is 2.05. The average Bonchev–Trinajstić information content (AvgIpc) is 3.06. The largest absolute Gasteiger partial charge is 0.491 e. The van der Waals surface area contributed by atoms with Crippen LogP contribution in [-0.2, 0) is 17.5 Å². The fourth-order valence-electron chi connectivity index (χ4n) is 3.50. The number of halogens is 4. The molecule has 29 heavy (non-hydrogen) atoms. The third-order valence-corrected chi connectivity index (χ3v) is 5.23. The first-order chi connectivity index (χ1) is 13.6. The molecule has 1 fully saturated rings. The molecule has 1 aromatic carbocycles. The summed E-state index contributed by atoms with van der Waals surface area (Å²) in [5.41, 5.74) is 5.89. The SMILES string of the molecule is C[C@H]1COc2cc(-c3noc(C(F)(F)F)n3)cc(F)c2CN1C(=O)C1CC(N)C1. The molecule has 0 bridgehead atoms. The van der Waals surface area contributed by atoms with Gasteiger partial charge in [0.05, 0.1) is 12.6 Å². The predicted octanol–water partition coefficient (Wildman–Crippen LogP) is 2.74. The average molecular weight is 414 g/mol. The maximum Gasteiger partial charge on any atom is 0.471 e. The summed E-state index contributed by atoms with van der Waals surface area (Å²) in [6.45, 7) is 1.89. The van der Waals surface area contributed by atoms with E-state index in [1.165, 1.54) is 6.07 Å². The van der Waals surface area contributed by atoms with Crippen molar-refractivity contribution in [2.75, 3.05) is 6.61 Å². The van der Waals surface area contributed by atoms with E-state index in [0.717, 1.165) is 6.07 Å². The lowest BCUT2D eigenvalue weighted by molar-refractivity contribution is -0.159. The Bertz CT molecular complexity index is 940. The first kappa shape index (κ1) is 19.6. The van der Waals surface area contributed by atoms with Crippen molar-refractivity contribution in [3.63, 3.8) is 0 Å². The summed E-state index contributed by atoms with van der Waals surface area (Å²) >= 11 is 0. The number of alkyl halides is 3. The van der Waals surface area contributed by atoms with E-state index in [9.17, 15) is 22.4 Å². The zero-order chi connectivity index (χ0) is 20.9. The molecule has 1 aromatic heterocycles. The Kier molecular flexibility index (Phi) is 4.72. The van der Waals surface area contributed by atoms with Gasteiger partial charge in [0, 0.05) is 23.1 Å². The highest BCUT2D eigenvalue weighted by molar-refractivity contribution is 5.80. The zero-order valence-electron chi connectivity index (χ0n) is 15.4. The van der Waals surface area contributed by atoms with Crippen LogP contribution in [0, 0.1) is 11.7 Å². The normalized spacial score (nSPS) is 24.3. The molecule has 2 aliphatic rings. The fourth-order valence-corrected chi connectivity index (χ4v) is 3.50. The summed E-state index contributed by atoms with van der Waals surface area (Å²) in [5.74, 6) is -2.81. The molecule has 1 aliphatic heterocycles. The lowest BCUT2D eigenvalue weighted by Gasteiger charge is -2.37. The summed E-state index contributed by atoms with van der Waals surface area (Å²) in [7, 11) is 0. The molecule has 4 rings (SSSR count). The molecule has 2 heterocycles. The van der Waals surface area contributed by atoms with Crippen LogP contribution < -0.4 is 10.5 Å². The molecule has 1 saturated carbocycles. The third-order valence-electron chi connectivity index (χ3n) is 5.23. The van der Waals surface area contributed by atoms with Gasteiger partial charge < -0.3 is 19.9 Å². The standard InChI is InChI=1S/C18H18F4N4O3/c1-8-7-28-14-5-9(15-24-17(29-25-15)18(20,21)22)4-13(19)12(14)6-26(8)16(27)10-2-11(23)3-10/h4-5,8,10-11H,2-3,6-7,23H2,1H3/t8-,10?,11?/m0/s1. The van der Waals surface area contributed by atoms with Gasteiger partial charge in [0.2, 0.25) is 11.7 Å². The van der Waals surface area contributed by atoms with Gasteiger partial charge in [0.1, 0.15) is 18.2 Å². The topological polar surface area (TPSA) is 94.5 Å². The van der Waals surface area contributed by atoms with Crippen LogP contribution in [0.4, 0.5) is 17.6 Å². The quantitative estimate of drug-likeness (QED) is 0.760. The Morgan fingerprint density at radius 3 is 2.66 bits per heavy atom. The number of fused-ring (bicyclic) bond motifs is 1. The highest BCUT2D eigenvalue weighted by Gasteiger charge is 2.40. The van der Waals surface area contributed by atoms with Crippen LogP contribution in [0.25, 0.3) is 11.4 Å². The summed E-state index contributed by atoms with van der Waals surface area (Å²) < 4.78 is 62.7. The first-order valence-electron chi connectivity index (χ1n) is 9.06. The molecule has 2 aromatic rings. The van der Waals surface area contributed by atoms with Crippen LogP contribution in [0.5, 0.6) is 5.75 Å². The van der Waals surface area contributed by atoms with Crippen molar-refractivity contribution in [1.82, 2.24) is 15.0 Å². The van der Waals surface area contributed by atoms with Crippen molar-refractivity contribution < 1.29 is 31.6 Å². The molecule has 1 aliphatic carbocycles. The van der Waals surface area contributed by atoms with E-state index in [1.54, 1.807) is 11.8 Å². The number of nitrogens with zero attached hydrogens (tertiary/aromatic N) is 3. The number of carbonyl (C=O) groups is 1. The van der Waals surface area contributed by atoms with Crippen LogP contribution in [-0.4, -0.2) is 39.6 Å². The van der Waals surface area contributed by atoms with E-state index in [4.69, 9.17) is 10.5 Å². The first-order valence-corrected chi connectivity index (χ1v) is 9.06. The minimum atomic E-state index is -4.80. The monoisotopic (exact) mass is 414 g/mol. The number of aromatic nitrogens is 2. The van der Waals surface area contributed by atoms with E-state index in [1.807, 2.05) is 0 Å². The van der Waals surface area contributed by atoms with Crippen molar-refractivity contribution in [2.24, 2.45) is 11.7 Å². The van der Waals surface area contributed by atoms with Crippen molar-refractivity contribution in [2.45, 2.75) is 44.6 Å². The van der Waals surface area contributed by atoms with Crippen LogP contribution in [0.15, 0.2) is 16.7 Å². The van der Waals surface area contributed by atoms with E-state index in [0.29, 0.717) is 12.8 Å². The molecule has 7 nitrogen and oxygen atoms in total. The smallest absolute Gasteiger partial charge is 0.471 e. The highest BCUT2D eigenvalue weighted by Crippen LogP contribution is 2.36. The molecule has 0 radical (unpaired) electrons. The number of nitrogens with two attached hydrogens (primary N) is 1. The van der Waals surface area contributed by atoms with Crippen molar-refractivity contribution >= 4 is 5.91 Å². The van der Waals surface area contributed by atoms with Crippen LogP contribution in [0.2, 0.25) is 0 Å². The Labute approximate surface area is 162 Å². The van der Waals surface area contributed by atoms with Gasteiger partial charge in [-0.25, -0.2) is 4.39 Å². The second-order valence-corrected chi connectivity index (χ2v) is 7.41. The van der Waals surface area contributed by atoms with Crippen LogP contribution in [0.3, 0.4) is 0 Å². The lowest BCUT2D eigenvalue weighted by Crippen LogP contribution is -2.49. The van der Waals surface area contributed by atoms with E-state index in [2.05, 4.69) is 14.7 Å². The Morgan fingerprint density at radius 2 is 2.03 bits per heavy atom. The molecule has 156 valence electrons. The second-order valence-electron chi connectivity index (χ2n) is 7.41. The molecule has 1 atom stereocenters. The number of ether oxygens (including phenoxy) is 1.